The molecule has 2 N–H and O–H groups in total. The van der Waals surface area contributed by atoms with Crippen LogP contribution in [-0.2, 0) is 11.8 Å². The quantitative estimate of drug-likeness (QED) is 0.465. The highest BCUT2D eigenvalue weighted by Gasteiger charge is 2.21. The second-order valence-corrected chi connectivity index (χ2v) is 8.25. The smallest absolute Gasteiger partial charge is 0.179 e. The Morgan fingerprint density at radius 2 is 1.79 bits per heavy atom. The molecule has 4 aromatic rings. The molecule has 4 heteroatoms. The number of hydrogen-bond acceptors (Lipinski definition) is 4. The topological polar surface area (TPSA) is 66.5 Å². The Hall–Kier alpha value is -2.69. The van der Waals surface area contributed by atoms with E-state index in [-0.39, 0.29) is 5.41 Å². The van der Waals surface area contributed by atoms with Crippen LogP contribution in [0.5, 0.6) is 0 Å². The van der Waals surface area contributed by atoms with E-state index < -0.39 is 6.29 Å². The van der Waals surface area contributed by atoms with Crippen LogP contribution in [0, 0.1) is 0 Å². The van der Waals surface area contributed by atoms with Crippen molar-refractivity contribution in [1.82, 2.24) is 4.98 Å². The van der Waals surface area contributed by atoms with Gasteiger partial charge in [0.15, 0.2) is 6.29 Å². The minimum atomic E-state index is -1.58. The molecule has 0 fully saturated rings. The maximum Gasteiger partial charge on any atom is 0.179 e. The lowest BCUT2D eigenvalue weighted by atomic mass is 9.84. The molecule has 0 aliphatic heterocycles. The number of furan rings is 1. The summed E-state index contributed by atoms with van der Waals surface area (Å²) in [5.41, 5.74) is 5.78. The molecule has 0 spiro atoms. The molecule has 2 aromatic heterocycles. The predicted molar refractivity (Wildman–Crippen MR) is 112 cm³/mol. The molecule has 0 aliphatic rings. The van der Waals surface area contributed by atoms with Crippen molar-refractivity contribution in [2.75, 3.05) is 0 Å². The number of aromatic nitrogens is 1. The van der Waals surface area contributed by atoms with Gasteiger partial charge >= 0.3 is 0 Å². The van der Waals surface area contributed by atoms with Gasteiger partial charge in [0.2, 0.25) is 0 Å². The van der Waals surface area contributed by atoms with Gasteiger partial charge in [-0.05, 0) is 41.2 Å². The van der Waals surface area contributed by atoms with E-state index in [1.165, 1.54) is 0 Å². The average Bonchev–Trinajstić information content (AvgIpc) is 3.09. The number of benzene rings is 2. The van der Waals surface area contributed by atoms with Crippen LogP contribution in [0.3, 0.4) is 0 Å². The maximum atomic E-state index is 10.1. The first-order valence-corrected chi connectivity index (χ1v) is 9.60. The second kappa shape index (κ2) is 6.73. The molecule has 0 bridgehead atoms. The molecule has 4 nitrogen and oxygen atoms in total. The number of aliphatic hydroxyl groups excluding tert-OH is 1. The zero-order valence-electron chi connectivity index (χ0n) is 16.7. The first-order valence-electron chi connectivity index (χ1n) is 9.60. The average molecular weight is 375 g/mol. The van der Waals surface area contributed by atoms with Gasteiger partial charge in [0, 0.05) is 21.9 Å². The van der Waals surface area contributed by atoms with Crippen LogP contribution in [0.2, 0.25) is 0 Å². The van der Waals surface area contributed by atoms with E-state index in [9.17, 15) is 10.2 Å². The van der Waals surface area contributed by atoms with Crippen LogP contribution in [0.25, 0.3) is 33.1 Å². The summed E-state index contributed by atoms with van der Waals surface area (Å²) in [6.07, 6.45) is 0.910. The van der Waals surface area contributed by atoms with Gasteiger partial charge in [-0.3, -0.25) is 0 Å². The molecule has 2 heterocycles. The van der Waals surface area contributed by atoms with Crippen LogP contribution in [-0.4, -0.2) is 15.2 Å². The first kappa shape index (κ1) is 18.7. The van der Waals surface area contributed by atoms with Crippen molar-refractivity contribution in [3.8, 4) is 11.3 Å². The molecular formula is C24H25NO3. The number of rotatable bonds is 3. The van der Waals surface area contributed by atoms with E-state index in [1.807, 2.05) is 30.3 Å². The molecule has 0 atom stereocenters. The highest BCUT2D eigenvalue weighted by molar-refractivity contribution is 5.96. The summed E-state index contributed by atoms with van der Waals surface area (Å²) in [4.78, 5) is 4.92. The molecule has 0 saturated heterocycles. The van der Waals surface area contributed by atoms with Gasteiger partial charge in [-0.1, -0.05) is 52.0 Å². The predicted octanol–water partition coefficient (Wildman–Crippen LogP) is 5.49. The number of nitrogens with zero attached hydrogens (tertiary/aromatic N) is 1. The lowest BCUT2D eigenvalue weighted by molar-refractivity contribution is -0.0413. The Labute approximate surface area is 164 Å². The lowest BCUT2D eigenvalue weighted by Crippen LogP contribution is -2.12. The fourth-order valence-electron chi connectivity index (χ4n) is 3.65. The first-order chi connectivity index (χ1) is 13.3. The fourth-order valence-corrected chi connectivity index (χ4v) is 3.65. The van der Waals surface area contributed by atoms with Gasteiger partial charge in [-0.25, -0.2) is 4.98 Å². The molecule has 0 unspecified atom stereocenters. The summed E-state index contributed by atoms with van der Waals surface area (Å²) < 4.78 is 5.67. The summed E-state index contributed by atoms with van der Waals surface area (Å²) in [5, 5.41) is 22.0. The summed E-state index contributed by atoms with van der Waals surface area (Å²) in [6, 6.07) is 13.8. The summed E-state index contributed by atoms with van der Waals surface area (Å²) in [5.74, 6) is 0. The minimum absolute atomic E-state index is 0.0464. The molecule has 0 aliphatic carbocycles. The van der Waals surface area contributed by atoms with Gasteiger partial charge in [-0.2, -0.15) is 0 Å². The van der Waals surface area contributed by atoms with E-state index in [1.54, 1.807) is 12.3 Å². The largest absolute Gasteiger partial charge is 0.464 e. The van der Waals surface area contributed by atoms with Crippen LogP contribution in [0.15, 0.2) is 53.1 Å². The molecular weight excluding hydrogens is 350 g/mol. The number of pyridine rings is 1. The summed E-state index contributed by atoms with van der Waals surface area (Å²) in [6.45, 7) is 8.56. The summed E-state index contributed by atoms with van der Waals surface area (Å²) in [7, 11) is 0. The molecule has 144 valence electrons. The lowest BCUT2D eigenvalue weighted by Gasteiger charge is -2.22. The van der Waals surface area contributed by atoms with E-state index in [0.717, 1.165) is 45.0 Å². The number of hydrogen-bond donors (Lipinski definition) is 2. The van der Waals surface area contributed by atoms with Gasteiger partial charge in [-0.15, -0.1) is 0 Å². The van der Waals surface area contributed by atoms with Crippen molar-refractivity contribution in [2.24, 2.45) is 0 Å². The monoisotopic (exact) mass is 375 g/mol. The fraction of sp³-hybridized carbons (Fsp3) is 0.292. The Morgan fingerprint density at radius 1 is 1.04 bits per heavy atom. The van der Waals surface area contributed by atoms with Gasteiger partial charge in [0.05, 0.1) is 11.2 Å². The molecule has 0 amide bonds. The third kappa shape index (κ3) is 3.09. The molecule has 2 aromatic carbocycles. The van der Waals surface area contributed by atoms with Crippen molar-refractivity contribution in [3.05, 3.63) is 65.4 Å². The molecule has 0 saturated carbocycles. The van der Waals surface area contributed by atoms with Crippen LogP contribution < -0.4 is 0 Å². The second-order valence-electron chi connectivity index (χ2n) is 8.25. The van der Waals surface area contributed by atoms with E-state index in [4.69, 9.17) is 9.40 Å². The maximum absolute atomic E-state index is 10.1. The van der Waals surface area contributed by atoms with Crippen molar-refractivity contribution >= 4 is 21.9 Å². The van der Waals surface area contributed by atoms with Crippen LogP contribution in [0.1, 0.15) is 50.7 Å². The minimum Gasteiger partial charge on any atom is -0.464 e. The normalized spacial score (nSPS) is 12.4. The van der Waals surface area contributed by atoms with Gasteiger partial charge < -0.3 is 14.6 Å². The number of para-hydroxylation sites is 1. The number of fused-ring (bicyclic) bond motifs is 2. The zero-order chi connectivity index (χ0) is 20.1. The Kier molecular flexibility index (Phi) is 4.48. The highest BCUT2D eigenvalue weighted by atomic mass is 16.5. The van der Waals surface area contributed by atoms with Crippen molar-refractivity contribution < 1.29 is 14.6 Å². The zero-order valence-corrected chi connectivity index (χ0v) is 16.7. The Morgan fingerprint density at radius 3 is 2.46 bits per heavy atom. The van der Waals surface area contributed by atoms with E-state index in [0.29, 0.717) is 11.3 Å². The van der Waals surface area contributed by atoms with E-state index in [2.05, 4.69) is 33.8 Å². The molecule has 4 rings (SSSR count). The van der Waals surface area contributed by atoms with Crippen LogP contribution in [0.4, 0.5) is 0 Å². The van der Waals surface area contributed by atoms with Gasteiger partial charge in [0.1, 0.15) is 11.8 Å². The Bertz CT molecular complexity index is 1170. The van der Waals surface area contributed by atoms with Crippen LogP contribution >= 0.6 is 0 Å². The standard InChI is InChI=1S/C24H25NO3/c1-5-14-10-15(24(2,3)4)11-17-18(23(26)27)12-20(25-22(14)17)19-13-28-21-9-7-6-8-16(19)21/h6-13,23,26-27H,5H2,1-4H3. The third-order valence-electron chi connectivity index (χ3n) is 5.31. The SMILES string of the molecule is CCc1cc(C(C)(C)C)cc2c(C(O)O)cc(-c3coc4ccccc34)nc12. The molecule has 28 heavy (non-hydrogen) atoms. The number of aryl methyl sites for hydroxylation is 1. The third-order valence-corrected chi connectivity index (χ3v) is 5.31. The van der Waals surface area contributed by atoms with E-state index >= 15 is 0 Å². The van der Waals surface area contributed by atoms with Crippen molar-refractivity contribution in [1.29, 1.82) is 0 Å². The highest BCUT2D eigenvalue weighted by Crippen LogP contribution is 2.36. The van der Waals surface area contributed by atoms with Crippen molar-refractivity contribution in [3.63, 3.8) is 0 Å². The van der Waals surface area contributed by atoms with Crippen molar-refractivity contribution in [2.45, 2.75) is 45.8 Å². The number of aliphatic hydroxyl groups is 2. The summed E-state index contributed by atoms with van der Waals surface area (Å²) >= 11 is 0. The van der Waals surface area contributed by atoms with Gasteiger partial charge in [0.25, 0.3) is 0 Å². The molecule has 0 radical (unpaired) electrons. The Balaban J connectivity index is 2.05.